The first-order valence-corrected chi connectivity index (χ1v) is 6.88. The number of esters is 2. The lowest BCUT2D eigenvalue weighted by Gasteiger charge is -2.28. The van der Waals surface area contributed by atoms with E-state index in [2.05, 4.69) is 19.2 Å². The zero-order valence-electron chi connectivity index (χ0n) is 12.5. The number of hydrogen-bond donors (Lipinski definition) is 1. The molecule has 1 rings (SSSR count). The Balaban J connectivity index is 2.94. The number of halogens is 2. The van der Waals surface area contributed by atoms with Gasteiger partial charge in [0.1, 0.15) is 12.4 Å². The molecule has 126 valence electrons. The van der Waals surface area contributed by atoms with E-state index in [4.69, 9.17) is 14.2 Å². The van der Waals surface area contributed by atoms with Gasteiger partial charge in [0.25, 0.3) is 0 Å². The number of hydrogen-bond acceptors (Lipinski definition) is 6. The molecule has 0 N–H and O–H groups in total. The molecule has 0 radical (unpaired) electrons. The van der Waals surface area contributed by atoms with Crippen molar-refractivity contribution in [3.8, 4) is 5.75 Å². The van der Waals surface area contributed by atoms with E-state index >= 15 is 0 Å². The minimum Gasteiger partial charge on any atom is -0.422 e. The van der Waals surface area contributed by atoms with Crippen LogP contribution in [-0.4, -0.2) is 29.6 Å². The van der Waals surface area contributed by atoms with Crippen LogP contribution in [-0.2, 0) is 19.1 Å². The van der Waals surface area contributed by atoms with E-state index in [1.807, 2.05) is 0 Å². The molecule has 1 unspecified atom stereocenters. The third-order valence-electron chi connectivity index (χ3n) is 2.48. The molecule has 0 fully saturated rings. The highest BCUT2D eigenvalue weighted by molar-refractivity contribution is 7.81. The van der Waals surface area contributed by atoms with E-state index in [9.17, 15) is 18.4 Å². The van der Waals surface area contributed by atoms with Gasteiger partial charge in [0.2, 0.25) is 0 Å². The Morgan fingerprint density at radius 3 is 2.30 bits per heavy atom. The van der Waals surface area contributed by atoms with Crippen molar-refractivity contribution in [3.05, 3.63) is 42.5 Å². The van der Waals surface area contributed by atoms with Crippen molar-refractivity contribution in [1.29, 1.82) is 0 Å². The summed E-state index contributed by atoms with van der Waals surface area (Å²) in [5, 5.41) is -3.52. The molecule has 1 aromatic carbocycles. The summed E-state index contributed by atoms with van der Waals surface area (Å²) in [5.41, 5.74) is -0.0371. The van der Waals surface area contributed by atoms with Crippen molar-refractivity contribution in [2.45, 2.75) is 24.9 Å². The molecule has 0 amide bonds. The van der Waals surface area contributed by atoms with Gasteiger partial charge < -0.3 is 14.2 Å². The Morgan fingerprint density at radius 1 is 1.26 bits per heavy atom. The Bertz CT molecular complexity index is 585. The zero-order chi connectivity index (χ0) is 17.7. The maximum absolute atomic E-state index is 12.9. The van der Waals surface area contributed by atoms with Crippen molar-refractivity contribution in [3.63, 3.8) is 0 Å². The molecule has 0 saturated heterocycles. The number of benzene rings is 1. The second-order valence-electron chi connectivity index (χ2n) is 4.77. The van der Waals surface area contributed by atoms with Crippen LogP contribution >= 0.6 is 12.6 Å². The maximum Gasteiger partial charge on any atom is 0.384 e. The molecule has 8 heteroatoms. The largest absolute Gasteiger partial charge is 0.422 e. The number of ether oxygens (including phenoxy) is 3. The van der Waals surface area contributed by atoms with Crippen molar-refractivity contribution in [2.24, 2.45) is 0 Å². The van der Waals surface area contributed by atoms with Gasteiger partial charge in [-0.15, -0.1) is 12.6 Å². The number of carbonyl (C=O) groups excluding carboxylic acids is 2. The Labute approximate surface area is 137 Å². The Hall–Kier alpha value is -1.93. The van der Waals surface area contributed by atoms with Gasteiger partial charge in [0, 0.05) is 12.5 Å². The molecule has 0 spiro atoms. The van der Waals surface area contributed by atoms with Gasteiger partial charge in [-0.05, 0) is 19.1 Å². The fourth-order valence-electron chi connectivity index (χ4n) is 1.31. The van der Waals surface area contributed by atoms with Gasteiger partial charge >= 0.3 is 23.0 Å². The minimum absolute atomic E-state index is 0.0371. The van der Waals surface area contributed by atoms with E-state index in [1.54, 1.807) is 18.2 Å². The van der Waals surface area contributed by atoms with Gasteiger partial charge in [0.05, 0.1) is 0 Å². The molecular weight excluding hydrogens is 330 g/mol. The summed E-state index contributed by atoms with van der Waals surface area (Å²) in [4.78, 5) is 23.8. The lowest BCUT2D eigenvalue weighted by Crippen LogP contribution is -2.47. The van der Waals surface area contributed by atoms with Crippen LogP contribution < -0.4 is 4.74 Å². The quantitative estimate of drug-likeness (QED) is 0.270. The van der Waals surface area contributed by atoms with Crippen LogP contribution in [0.3, 0.4) is 0 Å². The summed E-state index contributed by atoms with van der Waals surface area (Å²) < 4.78 is 40.3. The summed E-state index contributed by atoms with van der Waals surface area (Å²) in [6.07, 6.45) is 0. The molecule has 0 aliphatic rings. The van der Waals surface area contributed by atoms with E-state index in [-0.39, 0.29) is 11.3 Å². The average molecular weight is 346 g/mol. The molecule has 0 bridgehead atoms. The summed E-state index contributed by atoms with van der Waals surface area (Å²) in [5.74, 6) is -4.40. The molecule has 1 aromatic rings. The highest BCUT2D eigenvalue weighted by Crippen LogP contribution is 2.25. The molecule has 23 heavy (non-hydrogen) atoms. The number of alkyl halides is 2. The maximum atomic E-state index is 12.9. The van der Waals surface area contributed by atoms with Crippen LogP contribution in [0.2, 0.25) is 0 Å². The normalized spacial score (nSPS) is 13.8. The van der Waals surface area contributed by atoms with Gasteiger partial charge in [-0.3, -0.25) is 0 Å². The predicted molar refractivity (Wildman–Crippen MR) is 81.3 cm³/mol. The smallest absolute Gasteiger partial charge is 0.384 e. The van der Waals surface area contributed by atoms with Crippen LogP contribution in [0.15, 0.2) is 42.5 Å². The summed E-state index contributed by atoms with van der Waals surface area (Å²) in [7, 11) is 0. The van der Waals surface area contributed by atoms with Crippen LogP contribution in [0.5, 0.6) is 5.75 Å². The van der Waals surface area contributed by atoms with Gasteiger partial charge in [-0.1, -0.05) is 24.8 Å². The van der Waals surface area contributed by atoms with Gasteiger partial charge in [0.15, 0.2) is 0 Å². The predicted octanol–water partition coefficient (Wildman–Crippen LogP) is 2.97. The zero-order valence-corrected chi connectivity index (χ0v) is 13.4. The number of para-hydroxylation sites is 1. The summed E-state index contributed by atoms with van der Waals surface area (Å²) in [6, 6.07) is 7.82. The van der Waals surface area contributed by atoms with E-state index < -0.39 is 29.6 Å². The molecule has 5 nitrogen and oxygen atoms in total. The van der Waals surface area contributed by atoms with Crippen molar-refractivity contribution < 1.29 is 32.6 Å². The first-order chi connectivity index (χ1) is 10.5. The average Bonchev–Trinajstić information content (AvgIpc) is 2.45. The molecule has 0 saturated carbocycles. The number of rotatable bonds is 7. The van der Waals surface area contributed by atoms with Gasteiger partial charge in [-0.25, -0.2) is 9.59 Å². The third-order valence-corrected chi connectivity index (χ3v) is 2.61. The van der Waals surface area contributed by atoms with Gasteiger partial charge in [-0.2, -0.15) is 8.78 Å². The van der Waals surface area contributed by atoms with Crippen LogP contribution in [0.4, 0.5) is 8.78 Å². The van der Waals surface area contributed by atoms with E-state index in [0.29, 0.717) is 0 Å². The molecule has 0 heterocycles. The van der Waals surface area contributed by atoms with E-state index in [0.717, 1.165) is 6.92 Å². The highest BCUT2D eigenvalue weighted by atomic mass is 32.1. The fraction of sp³-hybridized carbons (Fsp3) is 0.333. The lowest BCUT2D eigenvalue weighted by molar-refractivity contribution is -0.238. The van der Waals surface area contributed by atoms with Crippen LogP contribution in [0.25, 0.3) is 0 Å². The van der Waals surface area contributed by atoms with Crippen molar-refractivity contribution in [1.82, 2.24) is 0 Å². The standard InChI is InChI=1S/C15H16F2O5S/c1-10(2)12(18)22-14(3,20-9-15(16,17)23)13(19)21-11-7-5-4-6-8-11/h4-8,23H,1,9H2,2-3H3. The summed E-state index contributed by atoms with van der Waals surface area (Å²) in [6.45, 7) is 4.41. The fourth-order valence-corrected chi connectivity index (χ4v) is 1.37. The molecular formula is C15H16F2O5S. The topological polar surface area (TPSA) is 61.8 Å². The van der Waals surface area contributed by atoms with Crippen molar-refractivity contribution >= 4 is 24.6 Å². The minimum atomic E-state index is -3.52. The Kier molecular flexibility index (Phi) is 6.28. The molecule has 0 aliphatic carbocycles. The summed E-state index contributed by atoms with van der Waals surface area (Å²) >= 11 is 3.00. The molecule has 0 aromatic heterocycles. The Morgan fingerprint density at radius 2 is 1.83 bits per heavy atom. The highest BCUT2D eigenvalue weighted by Gasteiger charge is 2.43. The SMILES string of the molecule is C=C(C)C(=O)OC(C)(OCC(F)(F)S)C(=O)Oc1ccccc1. The van der Waals surface area contributed by atoms with E-state index in [1.165, 1.54) is 19.1 Å². The lowest BCUT2D eigenvalue weighted by atomic mass is 10.3. The van der Waals surface area contributed by atoms with Crippen molar-refractivity contribution in [2.75, 3.05) is 6.61 Å². The number of thiol groups is 1. The second kappa shape index (κ2) is 7.56. The first kappa shape index (κ1) is 19.1. The first-order valence-electron chi connectivity index (χ1n) is 6.44. The number of carbonyl (C=O) groups is 2. The molecule has 0 aliphatic heterocycles. The monoisotopic (exact) mass is 346 g/mol. The molecule has 1 atom stereocenters. The van der Waals surface area contributed by atoms with Crippen LogP contribution in [0, 0.1) is 0 Å². The third kappa shape index (κ3) is 6.37. The second-order valence-corrected chi connectivity index (χ2v) is 5.43. The van der Waals surface area contributed by atoms with Crippen LogP contribution in [0.1, 0.15) is 13.8 Å².